The predicted molar refractivity (Wildman–Crippen MR) is 72.2 cm³/mol. The van der Waals surface area contributed by atoms with Crippen LogP contribution in [0.2, 0.25) is 0 Å². The first kappa shape index (κ1) is 13.9. The molecule has 0 unspecified atom stereocenters. The second-order valence-corrected chi connectivity index (χ2v) is 4.22. The Labute approximate surface area is 116 Å². The van der Waals surface area contributed by atoms with E-state index in [1.165, 1.54) is 11.8 Å². The van der Waals surface area contributed by atoms with Gasteiger partial charge in [-0.05, 0) is 30.5 Å². The van der Waals surface area contributed by atoms with Crippen LogP contribution in [-0.2, 0) is 13.0 Å². The maximum absolute atomic E-state index is 10.5. The lowest BCUT2D eigenvalue weighted by Gasteiger charge is -2.06. The number of hydrogen-bond acceptors (Lipinski definition) is 4. The number of aromatic nitrogens is 2. The number of aryl methyl sites for hydroxylation is 2. The monoisotopic (exact) mass is 276 g/mol. The summed E-state index contributed by atoms with van der Waals surface area (Å²) in [5, 5.41) is 8.58. The summed E-state index contributed by atoms with van der Waals surface area (Å²) in [5.41, 5.74) is 1.20. The molecule has 0 aliphatic carbocycles. The first-order valence-electron chi connectivity index (χ1n) is 6.24. The molecule has 0 atom stereocenters. The third kappa shape index (κ3) is 3.74. The average Bonchev–Trinajstić information content (AvgIpc) is 2.86. The number of rotatable bonds is 6. The third-order valence-corrected chi connectivity index (χ3v) is 2.88. The van der Waals surface area contributed by atoms with Gasteiger partial charge in [0.05, 0.1) is 7.11 Å². The Morgan fingerprint density at radius 3 is 2.75 bits per heavy atom. The molecule has 2 rings (SSSR count). The zero-order chi connectivity index (χ0) is 14.4. The van der Waals surface area contributed by atoms with Crippen molar-refractivity contribution in [2.45, 2.75) is 19.4 Å². The van der Waals surface area contributed by atoms with Crippen LogP contribution < -0.4 is 9.47 Å². The lowest BCUT2D eigenvalue weighted by atomic mass is 10.1. The average molecular weight is 276 g/mol. The van der Waals surface area contributed by atoms with Crippen LogP contribution in [0.25, 0.3) is 0 Å². The van der Waals surface area contributed by atoms with E-state index in [-0.39, 0.29) is 6.01 Å². The van der Waals surface area contributed by atoms with E-state index in [1.807, 2.05) is 24.3 Å². The summed E-state index contributed by atoms with van der Waals surface area (Å²) in [6.45, 7) is 0.647. The summed E-state index contributed by atoms with van der Waals surface area (Å²) in [6.07, 6.45) is 3.61. The summed E-state index contributed by atoms with van der Waals surface area (Å²) < 4.78 is 11.3. The number of benzene rings is 1. The molecule has 1 N–H and O–H groups in total. The van der Waals surface area contributed by atoms with E-state index in [4.69, 9.17) is 9.84 Å². The van der Waals surface area contributed by atoms with Gasteiger partial charge in [-0.25, -0.2) is 9.78 Å². The van der Waals surface area contributed by atoms with Crippen molar-refractivity contribution in [2.24, 2.45) is 0 Å². The predicted octanol–water partition coefficient (Wildman–Crippen LogP) is 2.58. The molecule has 1 heterocycles. The second kappa shape index (κ2) is 6.60. The highest BCUT2D eigenvalue weighted by Gasteiger charge is 2.08. The van der Waals surface area contributed by atoms with Gasteiger partial charge in [0.1, 0.15) is 5.75 Å². The third-order valence-electron chi connectivity index (χ3n) is 2.88. The molecule has 6 heteroatoms. The topological polar surface area (TPSA) is 73.6 Å². The van der Waals surface area contributed by atoms with Crippen LogP contribution in [0.4, 0.5) is 4.79 Å². The highest BCUT2D eigenvalue weighted by Crippen LogP contribution is 2.14. The van der Waals surface area contributed by atoms with Crippen molar-refractivity contribution in [3.63, 3.8) is 0 Å². The zero-order valence-corrected chi connectivity index (χ0v) is 11.2. The molecule has 106 valence electrons. The molecule has 0 amide bonds. The summed E-state index contributed by atoms with van der Waals surface area (Å²) >= 11 is 0. The molecule has 2 aromatic rings. The highest BCUT2D eigenvalue weighted by atomic mass is 16.7. The lowest BCUT2D eigenvalue weighted by molar-refractivity contribution is 0.138. The van der Waals surface area contributed by atoms with Crippen molar-refractivity contribution >= 4 is 6.16 Å². The van der Waals surface area contributed by atoms with Crippen LogP contribution in [0.1, 0.15) is 12.0 Å². The number of carboxylic acid groups (broad SMARTS) is 1. The quantitative estimate of drug-likeness (QED) is 0.821. The Hall–Kier alpha value is -2.50. The van der Waals surface area contributed by atoms with Crippen LogP contribution in [0.15, 0.2) is 36.7 Å². The standard InChI is InChI=1S/C14H16N2O4/c1-19-12-6-4-11(5-7-12)3-2-9-16-10-8-15-13(16)20-14(17)18/h4-8,10H,2-3,9H2,1H3,(H,17,18). The summed E-state index contributed by atoms with van der Waals surface area (Å²) in [5.74, 6) is 0.834. The van der Waals surface area contributed by atoms with Crippen molar-refractivity contribution in [2.75, 3.05) is 7.11 Å². The van der Waals surface area contributed by atoms with Crippen LogP contribution in [0.3, 0.4) is 0 Å². The zero-order valence-electron chi connectivity index (χ0n) is 11.2. The van der Waals surface area contributed by atoms with Gasteiger partial charge in [0.15, 0.2) is 0 Å². The van der Waals surface area contributed by atoms with Gasteiger partial charge in [-0.1, -0.05) is 12.1 Å². The summed E-state index contributed by atoms with van der Waals surface area (Å²) in [4.78, 5) is 14.3. The molecule has 0 spiro atoms. The molecule has 0 saturated heterocycles. The molecule has 0 aliphatic heterocycles. The SMILES string of the molecule is COc1ccc(CCCn2ccnc2OC(=O)O)cc1. The van der Waals surface area contributed by atoms with E-state index >= 15 is 0 Å². The number of methoxy groups -OCH3 is 1. The first-order chi connectivity index (χ1) is 9.69. The number of ether oxygens (including phenoxy) is 2. The minimum absolute atomic E-state index is 0.104. The number of imidazole rings is 1. The van der Waals surface area contributed by atoms with Crippen LogP contribution in [-0.4, -0.2) is 27.9 Å². The van der Waals surface area contributed by atoms with Gasteiger partial charge < -0.3 is 19.1 Å². The van der Waals surface area contributed by atoms with Crippen LogP contribution in [0, 0.1) is 0 Å². The number of nitrogens with zero attached hydrogens (tertiary/aromatic N) is 2. The Kier molecular flexibility index (Phi) is 4.60. The van der Waals surface area contributed by atoms with Gasteiger partial charge in [0, 0.05) is 18.9 Å². The van der Waals surface area contributed by atoms with E-state index in [9.17, 15) is 4.79 Å². The van der Waals surface area contributed by atoms with Crippen molar-refractivity contribution in [3.8, 4) is 11.8 Å². The van der Waals surface area contributed by atoms with Crippen LogP contribution >= 0.6 is 0 Å². The van der Waals surface area contributed by atoms with Gasteiger partial charge in [-0.15, -0.1) is 0 Å². The summed E-state index contributed by atoms with van der Waals surface area (Å²) in [6, 6.07) is 7.98. The second-order valence-electron chi connectivity index (χ2n) is 4.22. The molecule has 0 radical (unpaired) electrons. The van der Waals surface area contributed by atoms with E-state index in [2.05, 4.69) is 9.72 Å². The molecule has 0 fully saturated rings. The maximum Gasteiger partial charge on any atom is 0.513 e. The molecule has 0 saturated carbocycles. The van der Waals surface area contributed by atoms with E-state index in [1.54, 1.807) is 17.9 Å². The fourth-order valence-corrected chi connectivity index (χ4v) is 1.89. The fourth-order valence-electron chi connectivity index (χ4n) is 1.89. The molecular formula is C14H16N2O4. The van der Waals surface area contributed by atoms with Gasteiger partial charge in [-0.2, -0.15) is 0 Å². The Balaban J connectivity index is 1.86. The van der Waals surface area contributed by atoms with Crippen molar-refractivity contribution < 1.29 is 19.4 Å². The van der Waals surface area contributed by atoms with Gasteiger partial charge >= 0.3 is 12.2 Å². The maximum atomic E-state index is 10.5. The summed E-state index contributed by atoms with van der Waals surface area (Å²) in [7, 11) is 1.64. The fraction of sp³-hybridized carbons (Fsp3) is 0.286. The van der Waals surface area contributed by atoms with Crippen molar-refractivity contribution in [3.05, 3.63) is 42.2 Å². The minimum atomic E-state index is -1.35. The molecule has 20 heavy (non-hydrogen) atoms. The van der Waals surface area contributed by atoms with E-state index < -0.39 is 6.16 Å². The van der Waals surface area contributed by atoms with Gasteiger partial charge in [0.2, 0.25) is 0 Å². The molecule has 0 bridgehead atoms. The minimum Gasteiger partial charge on any atom is -0.497 e. The van der Waals surface area contributed by atoms with Gasteiger partial charge in [-0.3, -0.25) is 0 Å². The largest absolute Gasteiger partial charge is 0.513 e. The Bertz CT molecular complexity index is 563. The van der Waals surface area contributed by atoms with Crippen molar-refractivity contribution in [1.29, 1.82) is 0 Å². The normalized spacial score (nSPS) is 10.2. The highest BCUT2D eigenvalue weighted by molar-refractivity contribution is 5.59. The molecule has 1 aromatic heterocycles. The smallest absolute Gasteiger partial charge is 0.497 e. The van der Waals surface area contributed by atoms with Gasteiger partial charge in [0.25, 0.3) is 0 Å². The molecule has 1 aromatic carbocycles. The Morgan fingerprint density at radius 1 is 1.35 bits per heavy atom. The lowest BCUT2D eigenvalue weighted by Crippen LogP contribution is -2.09. The first-order valence-corrected chi connectivity index (χ1v) is 6.24. The molecule has 6 nitrogen and oxygen atoms in total. The van der Waals surface area contributed by atoms with Crippen LogP contribution in [0.5, 0.6) is 11.8 Å². The van der Waals surface area contributed by atoms with E-state index in [0.717, 1.165) is 18.6 Å². The van der Waals surface area contributed by atoms with Crippen molar-refractivity contribution in [1.82, 2.24) is 9.55 Å². The number of hydrogen-bond donors (Lipinski definition) is 1. The molecule has 0 aliphatic rings. The van der Waals surface area contributed by atoms with E-state index in [0.29, 0.717) is 6.54 Å². The molecular weight excluding hydrogens is 260 g/mol. The Morgan fingerprint density at radius 2 is 2.10 bits per heavy atom. The number of carbonyl (C=O) groups is 1.